The molecule has 1 aliphatic carbocycles. The summed E-state index contributed by atoms with van der Waals surface area (Å²) in [6.07, 6.45) is 2.20. The lowest BCUT2D eigenvalue weighted by Crippen LogP contribution is -2.37. The third kappa shape index (κ3) is 2.88. The molecule has 1 fully saturated rings. The predicted octanol–water partition coefficient (Wildman–Crippen LogP) is 1.94. The number of benzene rings is 1. The van der Waals surface area contributed by atoms with Crippen LogP contribution in [0.15, 0.2) is 24.3 Å². The first-order valence-electron chi connectivity index (χ1n) is 6.27. The van der Waals surface area contributed by atoms with E-state index in [-0.39, 0.29) is 17.7 Å². The molecule has 0 aliphatic heterocycles. The Hall–Kier alpha value is -1.84. The summed E-state index contributed by atoms with van der Waals surface area (Å²) in [5, 5.41) is 2.77. The van der Waals surface area contributed by atoms with Gasteiger partial charge < -0.3 is 10.1 Å². The van der Waals surface area contributed by atoms with Crippen LogP contribution in [0.5, 0.6) is 5.75 Å². The number of carbonyl (C=O) groups is 2. The standard InChI is InChI=1S/C14H17NO3/c1-2-18-11-8-6-10(7-9-11)14(17)15-12-4-3-5-13(12)16/h6-9,12H,2-5H2,1H3,(H,15,17). The van der Waals surface area contributed by atoms with Gasteiger partial charge in [-0.25, -0.2) is 0 Å². The maximum Gasteiger partial charge on any atom is 0.251 e. The minimum absolute atomic E-state index is 0.134. The van der Waals surface area contributed by atoms with Crippen molar-refractivity contribution in [2.45, 2.75) is 32.2 Å². The summed E-state index contributed by atoms with van der Waals surface area (Å²) >= 11 is 0. The lowest BCUT2D eigenvalue weighted by molar-refractivity contribution is -0.118. The highest BCUT2D eigenvalue weighted by Crippen LogP contribution is 2.16. The minimum Gasteiger partial charge on any atom is -0.494 e. The van der Waals surface area contributed by atoms with E-state index in [1.54, 1.807) is 24.3 Å². The van der Waals surface area contributed by atoms with Crippen LogP contribution in [0.4, 0.5) is 0 Å². The summed E-state index contributed by atoms with van der Waals surface area (Å²) in [7, 11) is 0. The SMILES string of the molecule is CCOc1ccc(C(=O)NC2CCCC2=O)cc1. The Morgan fingerprint density at radius 2 is 2.11 bits per heavy atom. The summed E-state index contributed by atoms with van der Waals surface area (Å²) in [5.74, 6) is 0.679. The topological polar surface area (TPSA) is 55.4 Å². The van der Waals surface area contributed by atoms with Gasteiger partial charge in [0.1, 0.15) is 5.75 Å². The van der Waals surface area contributed by atoms with Gasteiger partial charge in [0.25, 0.3) is 5.91 Å². The molecule has 4 nitrogen and oxygen atoms in total. The van der Waals surface area contributed by atoms with Gasteiger partial charge in [-0.15, -0.1) is 0 Å². The van der Waals surface area contributed by atoms with E-state index in [9.17, 15) is 9.59 Å². The van der Waals surface area contributed by atoms with E-state index in [1.165, 1.54) is 0 Å². The average Bonchev–Trinajstić information content (AvgIpc) is 2.76. The van der Waals surface area contributed by atoms with Gasteiger partial charge >= 0.3 is 0 Å². The van der Waals surface area contributed by atoms with Crippen molar-refractivity contribution in [3.8, 4) is 5.75 Å². The quantitative estimate of drug-likeness (QED) is 0.884. The Labute approximate surface area is 106 Å². The molecule has 0 radical (unpaired) electrons. The van der Waals surface area contributed by atoms with Gasteiger partial charge in [-0.05, 0) is 44.0 Å². The molecule has 1 N–H and O–H groups in total. The largest absolute Gasteiger partial charge is 0.494 e. The maximum atomic E-state index is 11.9. The highest BCUT2D eigenvalue weighted by Gasteiger charge is 2.25. The van der Waals surface area contributed by atoms with E-state index in [4.69, 9.17) is 4.74 Å². The Bertz CT molecular complexity index is 439. The van der Waals surface area contributed by atoms with Crippen LogP contribution in [0.1, 0.15) is 36.5 Å². The number of ether oxygens (including phenoxy) is 1. The Morgan fingerprint density at radius 1 is 1.39 bits per heavy atom. The van der Waals surface area contributed by atoms with Gasteiger partial charge in [0.15, 0.2) is 5.78 Å². The molecule has 0 saturated heterocycles. The highest BCUT2D eigenvalue weighted by atomic mass is 16.5. The fourth-order valence-corrected chi connectivity index (χ4v) is 2.08. The van der Waals surface area contributed by atoms with Crippen molar-refractivity contribution >= 4 is 11.7 Å². The van der Waals surface area contributed by atoms with E-state index in [1.807, 2.05) is 6.92 Å². The van der Waals surface area contributed by atoms with Crippen LogP contribution in [0.3, 0.4) is 0 Å². The average molecular weight is 247 g/mol. The Morgan fingerprint density at radius 3 is 2.67 bits per heavy atom. The van der Waals surface area contributed by atoms with Crippen molar-refractivity contribution in [3.05, 3.63) is 29.8 Å². The fraction of sp³-hybridized carbons (Fsp3) is 0.429. The van der Waals surface area contributed by atoms with Crippen molar-refractivity contribution in [2.24, 2.45) is 0 Å². The molecule has 1 aliphatic rings. The van der Waals surface area contributed by atoms with Crippen LogP contribution in [0.25, 0.3) is 0 Å². The third-order valence-electron chi connectivity index (χ3n) is 3.04. The van der Waals surface area contributed by atoms with Gasteiger partial charge in [-0.1, -0.05) is 0 Å². The van der Waals surface area contributed by atoms with Crippen molar-refractivity contribution in [3.63, 3.8) is 0 Å². The molecular weight excluding hydrogens is 230 g/mol. The monoisotopic (exact) mass is 247 g/mol. The first-order chi connectivity index (χ1) is 8.70. The molecule has 0 heterocycles. The van der Waals surface area contributed by atoms with E-state index in [0.717, 1.165) is 18.6 Å². The van der Waals surface area contributed by atoms with Crippen LogP contribution < -0.4 is 10.1 Å². The van der Waals surface area contributed by atoms with Crippen LogP contribution in [0, 0.1) is 0 Å². The van der Waals surface area contributed by atoms with E-state index >= 15 is 0 Å². The number of Topliss-reactive ketones (excluding diaryl/α,β-unsaturated/α-hetero) is 1. The summed E-state index contributed by atoms with van der Waals surface area (Å²) in [5.41, 5.74) is 0.554. The van der Waals surface area contributed by atoms with Gasteiger partial charge in [-0.3, -0.25) is 9.59 Å². The molecular formula is C14H17NO3. The highest BCUT2D eigenvalue weighted by molar-refractivity contribution is 5.98. The molecule has 4 heteroatoms. The molecule has 1 saturated carbocycles. The van der Waals surface area contributed by atoms with Crippen LogP contribution >= 0.6 is 0 Å². The van der Waals surface area contributed by atoms with Crippen LogP contribution in [-0.2, 0) is 4.79 Å². The number of ketones is 1. The van der Waals surface area contributed by atoms with Gasteiger partial charge in [-0.2, -0.15) is 0 Å². The first kappa shape index (κ1) is 12.6. The number of nitrogens with one attached hydrogen (secondary N) is 1. The van der Waals surface area contributed by atoms with Crippen LogP contribution in [-0.4, -0.2) is 24.3 Å². The van der Waals surface area contributed by atoms with Gasteiger partial charge in [0.05, 0.1) is 12.6 Å². The lowest BCUT2D eigenvalue weighted by Gasteiger charge is -2.11. The molecule has 2 rings (SSSR count). The molecule has 1 atom stereocenters. The van der Waals surface area contributed by atoms with Crippen molar-refractivity contribution < 1.29 is 14.3 Å². The van der Waals surface area contributed by atoms with Gasteiger partial charge in [0, 0.05) is 12.0 Å². The molecule has 1 aromatic rings. The zero-order valence-corrected chi connectivity index (χ0v) is 10.4. The molecule has 1 unspecified atom stereocenters. The second kappa shape index (κ2) is 5.67. The number of amides is 1. The number of hydrogen-bond donors (Lipinski definition) is 1. The second-order valence-electron chi connectivity index (χ2n) is 4.34. The molecule has 0 spiro atoms. The molecule has 1 aromatic carbocycles. The first-order valence-corrected chi connectivity index (χ1v) is 6.27. The normalized spacial score (nSPS) is 18.7. The number of carbonyl (C=O) groups excluding carboxylic acids is 2. The second-order valence-corrected chi connectivity index (χ2v) is 4.34. The molecule has 18 heavy (non-hydrogen) atoms. The van der Waals surface area contributed by atoms with Crippen molar-refractivity contribution in [1.29, 1.82) is 0 Å². The predicted molar refractivity (Wildman–Crippen MR) is 67.7 cm³/mol. The van der Waals surface area contributed by atoms with Gasteiger partial charge in [0.2, 0.25) is 0 Å². The lowest BCUT2D eigenvalue weighted by atomic mass is 10.1. The summed E-state index contributed by atoms with van der Waals surface area (Å²) in [4.78, 5) is 23.4. The molecule has 0 bridgehead atoms. The minimum atomic E-state index is -0.302. The summed E-state index contributed by atoms with van der Waals surface area (Å²) < 4.78 is 5.31. The van der Waals surface area contributed by atoms with E-state index in [2.05, 4.69) is 5.32 Å². The van der Waals surface area contributed by atoms with Crippen molar-refractivity contribution in [1.82, 2.24) is 5.32 Å². The molecule has 96 valence electrons. The maximum absolute atomic E-state index is 11.9. The molecule has 1 amide bonds. The Balaban J connectivity index is 1.98. The third-order valence-corrected chi connectivity index (χ3v) is 3.04. The summed E-state index contributed by atoms with van der Waals surface area (Å²) in [6.45, 7) is 2.51. The van der Waals surface area contributed by atoms with E-state index < -0.39 is 0 Å². The van der Waals surface area contributed by atoms with E-state index in [0.29, 0.717) is 18.6 Å². The fourth-order valence-electron chi connectivity index (χ4n) is 2.08. The smallest absolute Gasteiger partial charge is 0.251 e. The zero-order chi connectivity index (χ0) is 13.0. The summed E-state index contributed by atoms with van der Waals surface area (Å²) in [6, 6.07) is 6.63. The zero-order valence-electron chi connectivity index (χ0n) is 10.4. The van der Waals surface area contributed by atoms with Crippen molar-refractivity contribution in [2.75, 3.05) is 6.61 Å². The molecule has 0 aromatic heterocycles. The number of rotatable bonds is 4. The number of hydrogen-bond acceptors (Lipinski definition) is 3. The van der Waals surface area contributed by atoms with Crippen LogP contribution in [0.2, 0.25) is 0 Å². The Kier molecular flexibility index (Phi) is 3.97.